The van der Waals surface area contributed by atoms with Gasteiger partial charge < -0.3 is 15.8 Å². The number of amides is 1. The SMILES string of the molecule is CCC(COC)NC(=O)c1ncccc1C#CCN. The summed E-state index contributed by atoms with van der Waals surface area (Å²) in [6, 6.07) is 3.46. The van der Waals surface area contributed by atoms with E-state index in [9.17, 15) is 4.79 Å². The van der Waals surface area contributed by atoms with Crippen LogP contribution >= 0.6 is 0 Å². The lowest BCUT2D eigenvalue weighted by molar-refractivity contribution is 0.0889. The summed E-state index contributed by atoms with van der Waals surface area (Å²) in [5.74, 6) is 5.33. The number of methoxy groups -OCH3 is 1. The van der Waals surface area contributed by atoms with Crippen LogP contribution in [0.25, 0.3) is 0 Å². The first-order chi connectivity index (χ1) is 9.22. The van der Waals surface area contributed by atoms with E-state index in [0.717, 1.165) is 6.42 Å². The van der Waals surface area contributed by atoms with E-state index in [-0.39, 0.29) is 18.5 Å². The summed E-state index contributed by atoms with van der Waals surface area (Å²) < 4.78 is 5.05. The Morgan fingerprint density at radius 2 is 2.42 bits per heavy atom. The molecule has 0 aliphatic heterocycles. The minimum Gasteiger partial charge on any atom is -0.383 e. The van der Waals surface area contributed by atoms with E-state index in [1.54, 1.807) is 25.4 Å². The van der Waals surface area contributed by atoms with Gasteiger partial charge in [-0.25, -0.2) is 4.98 Å². The maximum absolute atomic E-state index is 12.1. The molecular formula is C14H19N3O2. The van der Waals surface area contributed by atoms with Gasteiger partial charge in [0.2, 0.25) is 0 Å². The first-order valence-corrected chi connectivity index (χ1v) is 6.16. The molecule has 1 heterocycles. The van der Waals surface area contributed by atoms with Crippen LogP contribution in [0, 0.1) is 11.8 Å². The zero-order valence-electron chi connectivity index (χ0n) is 11.3. The van der Waals surface area contributed by atoms with Crippen LogP contribution in [-0.4, -0.2) is 37.2 Å². The lowest BCUT2D eigenvalue weighted by Gasteiger charge is -2.15. The largest absolute Gasteiger partial charge is 0.383 e. The average Bonchev–Trinajstić information content (AvgIpc) is 2.44. The molecule has 0 aliphatic carbocycles. The summed E-state index contributed by atoms with van der Waals surface area (Å²) in [6.07, 6.45) is 2.36. The molecule has 1 unspecified atom stereocenters. The first-order valence-electron chi connectivity index (χ1n) is 6.16. The maximum atomic E-state index is 12.1. The second-order valence-electron chi connectivity index (χ2n) is 3.94. The summed E-state index contributed by atoms with van der Waals surface area (Å²) >= 11 is 0. The number of hydrogen-bond donors (Lipinski definition) is 2. The van der Waals surface area contributed by atoms with Crippen molar-refractivity contribution in [2.24, 2.45) is 5.73 Å². The first kappa shape index (κ1) is 15.2. The highest BCUT2D eigenvalue weighted by molar-refractivity contribution is 5.94. The summed E-state index contributed by atoms with van der Waals surface area (Å²) in [5.41, 5.74) is 6.23. The number of aromatic nitrogens is 1. The Bertz CT molecular complexity index is 477. The highest BCUT2D eigenvalue weighted by Crippen LogP contribution is 2.04. The van der Waals surface area contributed by atoms with Gasteiger partial charge in [-0.2, -0.15) is 0 Å². The fourth-order valence-electron chi connectivity index (χ4n) is 1.55. The molecule has 102 valence electrons. The summed E-state index contributed by atoms with van der Waals surface area (Å²) in [4.78, 5) is 16.2. The number of carbonyl (C=O) groups excluding carboxylic acids is 1. The van der Waals surface area contributed by atoms with Crippen LogP contribution in [0.4, 0.5) is 0 Å². The third-order valence-electron chi connectivity index (χ3n) is 2.54. The zero-order valence-corrected chi connectivity index (χ0v) is 11.3. The second-order valence-corrected chi connectivity index (χ2v) is 3.94. The topological polar surface area (TPSA) is 77.2 Å². The van der Waals surface area contributed by atoms with Crippen molar-refractivity contribution in [1.82, 2.24) is 10.3 Å². The predicted octanol–water partition coefficient (Wildman–Crippen LogP) is 0.547. The number of nitrogens with zero attached hydrogens (tertiary/aromatic N) is 1. The minimum atomic E-state index is -0.245. The average molecular weight is 261 g/mol. The Morgan fingerprint density at radius 3 is 3.05 bits per heavy atom. The van der Waals surface area contributed by atoms with Crippen molar-refractivity contribution >= 4 is 5.91 Å². The van der Waals surface area contributed by atoms with Crippen molar-refractivity contribution in [3.8, 4) is 11.8 Å². The van der Waals surface area contributed by atoms with E-state index in [1.165, 1.54) is 0 Å². The molecule has 5 heteroatoms. The molecule has 0 aromatic carbocycles. The van der Waals surface area contributed by atoms with Crippen LogP contribution in [0.2, 0.25) is 0 Å². The number of nitrogens with two attached hydrogens (primary N) is 1. The predicted molar refractivity (Wildman–Crippen MR) is 73.6 cm³/mol. The lowest BCUT2D eigenvalue weighted by atomic mass is 10.1. The third kappa shape index (κ3) is 4.70. The van der Waals surface area contributed by atoms with Crippen molar-refractivity contribution in [3.05, 3.63) is 29.6 Å². The Kier molecular flexibility index (Phi) is 6.58. The zero-order chi connectivity index (χ0) is 14.1. The molecule has 1 aromatic heterocycles. The van der Waals surface area contributed by atoms with E-state index in [0.29, 0.717) is 17.9 Å². The van der Waals surface area contributed by atoms with Gasteiger partial charge in [-0.15, -0.1) is 0 Å². The Balaban J connectivity index is 2.87. The number of nitrogens with one attached hydrogen (secondary N) is 1. The molecule has 1 atom stereocenters. The van der Waals surface area contributed by atoms with E-state index in [4.69, 9.17) is 10.5 Å². The van der Waals surface area contributed by atoms with Gasteiger partial charge >= 0.3 is 0 Å². The Morgan fingerprint density at radius 1 is 1.63 bits per heavy atom. The van der Waals surface area contributed by atoms with Crippen LogP contribution in [-0.2, 0) is 4.74 Å². The molecule has 0 aliphatic rings. The van der Waals surface area contributed by atoms with Crippen LogP contribution < -0.4 is 11.1 Å². The molecule has 3 N–H and O–H groups in total. The van der Waals surface area contributed by atoms with E-state index in [1.807, 2.05) is 6.92 Å². The lowest BCUT2D eigenvalue weighted by Crippen LogP contribution is -2.38. The number of ether oxygens (including phenoxy) is 1. The number of carbonyl (C=O) groups is 1. The van der Waals surface area contributed by atoms with Crippen LogP contribution in [0.3, 0.4) is 0 Å². The number of hydrogen-bond acceptors (Lipinski definition) is 4. The minimum absolute atomic E-state index is 0.0326. The molecule has 0 bridgehead atoms. The van der Waals surface area contributed by atoms with Gasteiger partial charge in [0, 0.05) is 13.3 Å². The van der Waals surface area contributed by atoms with Gasteiger partial charge in [-0.1, -0.05) is 18.8 Å². The second kappa shape index (κ2) is 8.25. The molecule has 0 saturated carbocycles. The summed E-state index contributed by atoms with van der Waals surface area (Å²) in [5, 5.41) is 2.88. The molecule has 19 heavy (non-hydrogen) atoms. The van der Waals surface area contributed by atoms with Crippen LogP contribution in [0.5, 0.6) is 0 Å². The number of rotatable bonds is 5. The molecule has 1 rings (SSSR count). The fourth-order valence-corrected chi connectivity index (χ4v) is 1.55. The quantitative estimate of drug-likeness (QED) is 0.759. The summed E-state index contributed by atoms with van der Waals surface area (Å²) in [7, 11) is 1.60. The highest BCUT2D eigenvalue weighted by Gasteiger charge is 2.15. The molecule has 1 amide bonds. The van der Waals surface area contributed by atoms with E-state index >= 15 is 0 Å². The van der Waals surface area contributed by atoms with Gasteiger partial charge in [0.1, 0.15) is 5.69 Å². The van der Waals surface area contributed by atoms with Crippen molar-refractivity contribution in [3.63, 3.8) is 0 Å². The van der Waals surface area contributed by atoms with E-state index in [2.05, 4.69) is 22.1 Å². The summed E-state index contributed by atoms with van der Waals surface area (Å²) in [6.45, 7) is 2.70. The highest BCUT2D eigenvalue weighted by atomic mass is 16.5. The molecule has 0 saturated heterocycles. The van der Waals surface area contributed by atoms with Crippen molar-refractivity contribution in [2.75, 3.05) is 20.3 Å². The molecule has 0 spiro atoms. The van der Waals surface area contributed by atoms with Gasteiger partial charge in [-0.05, 0) is 18.6 Å². The standard InChI is InChI=1S/C14H19N3O2/c1-3-12(10-19-2)17-14(18)13-11(6-4-8-15)7-5-9-16-13/h5,7,9,12H,3,8,10,15H2,1-2H3,(H,17,18). The van der Waals surface area contributed by atoms with Gasteiger partial charge in [-0.3, -0.25) is 4.79 Å². The smallest absolute Gasteiger partial charge is 0.271 e. The Hall–Kier alpha value is -1.90. The van der Waals surface area contributed by atoms with E-state index < -0.39 is 0 Å². The Labute approximate surface area is 113 Å². The number of pyridine rings is 1. The van der Waals surface area contributed by atoms with Crippen molar-refractivity contribution in [1.29, 1.82) is 0 Å². The molecule has 5 nitrogen and oxygen atoms in total. The van der Waals surface area contributed by atoms with Gasteiger partial charge in [0.15, 0.2) is 0 Å². The molecule has 1 aromatic rings. The third-order valence-corrected chi connectivity index (χ3v) is 2.54. The molecular weight excluding hydrogens is 242 g/mol. The van der Waals surface area contributed by atoms with Gasteiger partial charge in [0.25, 0.3) is 5.91 Å². The van der Waals surface area contributed by atoms with Crippen LogP contribution in [0.1, 0.15) is 29.4 Å². The normalized spacial score (nSPS) is 11.3. The molecule has 0 radical (unpaired) electrons. The van der Waals surface area contributed by atoms with Crippen molar-refractivity contribution in [2.45, 2.75) is 19.4 Å². The van der Waals surface area contributed by atoms with Crippen LogP contribution in [0.15, 0.2) is 18.3 Å². The maximum Gasteiger partial charge on any atom is 0.271 e. The fraction of sp³-hybridized carbons (Fsp3) is 0.429. The monoisotopic (exact) mass is 261 g/mol. The van der Waals surface area contributed by atoms with Crippen molar-refractivity contribution < 1.29 is 9.53 Å². The van der Waals surface area contributed by atoms with Gasteiger partial charge in [0.05, 0.1) is 24.8 Å². The molecule has 0 fully saturated rings.